The van der Waals surface area contributed by atoms with Crippen LogP contribution in [-0.2, 0) is 9.53 Å². The summed E-state index contributed by atoms with van der Waals surface area (Å²) in [6.07, 6.45) is 10.2. The van der Waals surface area contributed by atoms with Crippen LogP contribution in [-0.4, -0.2) is 42.4 Å². The number of allylic oxidation sites excluding steroid dienone is 3. The van der Waals surface area contributed by atoms with Crippen LogP contribution in [0.25, 0.3) is 0 Å². The SMILES string of the molecule is CN(CCOC1C=CC(/C=C2/SC(=O)NC2=O)=CC1)c1ccccn1. The summed E-state index contributed by atoms with van der Waals surface area (Å²) in [4.78, 5) is 29.5. The molecule has 1 aliphatic carbocycles. The standard InChI is InChI=1S/C18H19N3O3S/c1-21(16-4-2-3-9-19-16)10-11-24-14-7-5-13(6-8-14)12-15-17(22)20-18(23)25-15/h2-7,9,12,14H,8,10-11H2,1H3,(H,20,22,23)/b15-12+. The molecule has 0 aromatic carbocycles. The van der Waals surface area contributed by atoms with Crippen molar-refractivity contribution in [1.82, 2.24) is 10.3 Å². The fraction of sp³-hybridized carbons (Fsp3) is 0.278. The molecule has 2 amide bonds. The van der Waals surface area contributed by atoms with E-state index in [1.54, 1.807) is 12.3 Å². The van der Waals surface area contributed by atoms with Gasteiger partial charge in [-0.25, -0.2) is 4.98 Å². The lowest BCUT2D eigenvalue weighted by molar-refractivity contribution is -0.115. The maximum absolute atomic E-state index is 11.5. The average Bonchev–Trinajstić information content (AvgIpc) is 2.94. The van der Waals surface area contributed by atoms with Gasteiger partial charge in [0.1, 0.15) is 5.82 Å². The van der Waals surface area contributed by atoms with Crippen molar-refractivity contribution in [3.63, 3.8) is 0 Å². The van der Waals surface area contributed by atoms with E-state index in [1.807, 2.05) is 48.4 Å². The number of nitrogens with one attached hydrogen (secondary N) is 1. The van der Waals surface area contributed by atoms with Gasteiger partial charge in [0.05, 0.1) is 17.6 Å². The molecule has 1 aromatic heterocycles. The van der Waals surface area contributed by atoms with Gasteiger partial charge in [-0.1, -0.05) is 24.3 Å². The molecule has 0 saturated carbocycles. The molecule has 3 rings (SSSR count). The molecule has 130 valence electrons. The van der Waals surface area contributed by atoms with Gasteiger partial charge in [0.2, 0.25) is 0 Å². The third-order valence-corrected chi connectivity index (χ3v) is 4.64. The van der Waals surface area contributed by atoms with Crippen LogP contribution in [0, 0.1) is 0 Å². The third kappa shape index (κ3) is 4.80. The van der Waals surface area contributed by atoms with Crippen LogP contribution < -0.4 is 10.2 Å². The summed E-state index contributed by atoms with van der Waals surface area (Å²) in [5.74, 6) is 0.584. The zero-order valence-corrected chi connectivity index (χ0v) is 14.7. The zero-order chi connectivity index (χ0) is 17.6. The molecule has 7 heteroatoms. The average molecular weight is 357 g/mol. The first kappa shape index (κ1) is 17.4. The highest BCUT2D eigenvalue weighted by Crippen LogP contribution is 2.26. The number of ether oxygens (including phenoxy) is 1. The van der Waals surface area contributed by atoms with Gasteiger partial charge < -0.3 is 9.64 Å². The fourth-order valence-corrected chi connectivity index (χ4v) is 3.14. The number of thioether (sulfide) groups is 1. The normalized spacial score (nSPS) is 21.4. The van der Waals surface area contributed by atoms with Crippen LogP contribution in [0.15, 0.2) is 59.2 Å². The summed E-state index contributed by atoms with van der Waals surface area (Å²) in [5.41, 5.74) is 0.915. The minimum atomic E-state index is -0.333. The van der Waals surface area contributed by atoms with E-state index >= 15 is 0 Å². The Morgan fingerprint density at radius 1 is 1.44 bits per heavy atom. The Morgan fingerprint density at radius 3 is 2.96 bits per heavy atom. The quantitative estimate of drug-likeness (QED) is 0.789. The largest absolute Gasteiger partial charge is 0.372 e. The van der Waals surface area contributed by atoms with Gasteiger partial charge in [-0.2, -0.15) is 0 Å². The predicted molar refractivity (Wildman–Crippen MR) is 98.3 cm³/mol. The first-order chi connectivity index (χ1) is 12.1. The lowest BCUT2D eigenvalue weighted by Gasteiger charge is -2.21. The van der Waals surface area contributed by atoms with Crippen molar-refractivity contribution in [3.8, 4) is 0 Å². The number of likely N-dealkylation sites (N-methyl/N-ethyl adjacent to an activating group) is 1. The number of hydrogen-bond donors (Lipinski definition) is 1. The van der Waals surface area contributed by atoms with Crippen LogP contribution in [0.1, 0.15) is 6.42 Å². The Bertz CT molecular complexity index is 743. The van der Waals surface area contributed by atoms with Gasteiger partial charge >= 0.3 is 0 Å². The topological polar surface area (TPSA) is 71.5 Å². The van der Waals surface area contributed by atoms with Crippen LogP contribution in [0.2, 0.25) is 0 Å². The third-order valence-electron chi connectivity index (χ3n) is 3.83. The lowest BCUT2D eigenvalue weighted by Crippen LogP contribution is -2.25. The van der Waals surface area contributed by atoms with E-state index in [2.05, 4.69) is 10.3 Å². The van der Waals surface area contributed by atoms with Gasteiger partial charge in [0.25, 0.3) is 11.1 Å². The second kappa shape index (κ2) is 8.13. The maximum atomic E-state index is 11.5. The Labute approximate surface area is 150 Å². The van der Waals surface area contributed by atoms with E-state index in [0.717, 1.165) is 36.1 Å². The molecule has 1 atom stereocenters. The molecule has 0 bridgehead atoms. The second-order valence-corrected chi connectivity index (χ2v) is 6.68. The highest BCUT2D eigenvalue weighted by Gasteiger charge is 2.25. The summed E-state index contributed by atoms with van der Waals surface area (Å²) in [5, 5.41) is 1.92. The molecule has 1 N–H and O–H groups in total. The highest BCUT2D eigenvalue weighted by atomic mass is 32.2. The van der Waals surface area contributed by atoms with E-state index in [-0.39, 0.29) is 17.3 Å². The lowest BCUT2D eigenvalue weighted by atomic mass is 10.0. The van der Waals surface area contributed by atoms with Crippen molar-refractivity contribution < 1.29 is 14.3 Å². The van der Waals surface area contributed by atoms with Gasteiger partial charge in [0, 0.05) is 19.8 Å². The molecule has 2 heterocycles. The van der Waals surface area contributed by atoms with E-state index in [9.17, 15) is 9.59 Å². The Morgan fingerprint density at radius 2 is 2.32 bits per heavy atom. The van der Waals surface area contributed by atoms with Gasteiger partial charge in [-0.05, 0) is 42.0 Å². The van der Waals surface area contributed by atoms with Crippen molar-refractivity contribution in [1.29, 1.82) is 0 Å². The molecule has 0 spiro atoms. The van der Waals surface area contributed by atoms with Crippen molar-refractivity contribution in [2.75, 3.05) is 25.1 Å². The molecule has 1 aliphatic heterocycles. The van der Waals surface area contributed by atoms with Crippen LogP contribution in [0.3, 0.4) is 0 Å². The van der Waals surface area contributed by atoms with Crippen molar-refractivity contribution >= 4 is 28.7 Å². The van der Waals surface area contributed by atoms with Crippen LogP contribution in [0.5, 0.6) is 0 Å². The molecule has 2 aliphatic rings. The summed E-state index contributed by atoms with van der Waals surface area (Å²) >= 11 is 0.927. The van der Waals surface area contributed by atoms with Crippen molar-refractivity contribution in [2.45, 2.75) is 12.5 Å². The number of pyridine rings is 1. The first-order valence-electron chi connectivity index (χ1n) is 7.99. The number of amides is 2. The number of anilines is 1. The summed E-state index contributed by atoms with van der Waals surface area (Å²) < 4.78 is 5.87. The number of carbonyl (C=O) groups excluding carboxylic acids is 2. The van der Waals surface area contributed by atoms with Gasteiger partial charge in [-0.3, -0.25) is 14.9 Å². The molecular weight excluding hydrogens is 338 g/mol. The first-order valence-corrected chi connectivity index (χ1v) is 8.80. The number of nitrogens with zero attached hydrogens (tertiary/aromatic N) is 2. The van der Waals surface area contributed by atoms with Gasteiger partial charge in [0.15, 0.2) is 0 Å². The summed E-state index contributed by atoms with van der Waals surface area (Å²) in [6.45, 7) is 1.35. The smallest absolute Gasteiger partial charge is 0.290 e. The van der Waals surface area contributed by atoms with E-state index in [0.29, 0.717) is 11.5 Å². The molecule has 1 saturated heterocycles. The molecule has 1 fully saturated rings. The Kier molecular flexibility index (Phi) is 5.67. The molecular formula is C18H19N3O3S. The number of imide groups is 1. The summed E-state index contributed by atoms with van der Waals surface area (Å²) in [7, 11) is 1.98. The number of aromatic nitrogens is 1. The molecule has 6 nitrogen and oxygen atoms in total. The number of rotatable bonds is 6. The molecule has 1 unspecified atom stereocenters. The maximum Gasteiger partial charge on any atom is 0.290 e. The minimum absolute atomic E-state index is 0.0194. The van der Waals surface area contributed by atoms with Crippen molar-refractivity contribution in [3.05, 3.63) is 59.2 Å². The highest BCUT2D eigenvalue weighted by molar-refractivity contribution is 8.18. The van der Waals surface area contributed by atoms with Crippen LogP contribution in [0.4, 0.5) is 10.6 Å². The Balaban J connectivity index is 1.44. The van der Waals surface area contributed by atoms with E-state index < -0.39 is 0 Å². The predicted octanol–water partition coefficient (Wildman–Crippen LogP) is 2.66. The second-order valence-electron chi connectivity index (χ2n) is 5.67. The zero-order valence-electron chi connectivity index (χ0n) is 13.8. The molecule has 0 radical (unpaired) electrons. The van der Waals surface area contributed by atoms with Crippen molar-refractivity contribution in [2.24, 2.45) is 0 Å². The number of hydrogen-bond acceptors (Lipinski definition) is 6. The van der Waals surface area contributed by atoms with E-state index in [1.165, 1.54) is 0 Å². The Hall–Kier alpha value is -2.38. The minimum Gasteiger partial charge on any atom is -0.372 e. The monoisotopic (exact) mass is 357 g/mol. The van der Waals surface area contributed by atoms with Gasteiger partial charge in [-0.15, -0.1) is 0 Å². The summed E-state index contributed by atoms with van der Waals surface area (Å²) in [6, 6.07) is 5.81. The fourth-order valence-electron chi connectivity index (χ4n) is 2.46. The molecule has 25 heavy (non-hydrogen) atoms. The van der Waals surface area contributed by atoms with E-state index in [4.69, 9.17) is 4.74 Å². The number of carbonyl (C=O) groups is 2. The molecule has 1 aromatic rings. The van der Waals surface area contributed by atoms with Crippen LogP contribution >= 0.6 is 11.8 Å².